The summed E-state index contributed by atoms with van der Waals surface area (Å²) in [5.74, 6) is 0.424. The second kappa shape index (κ2) is 9.89. The Morgan fingerprint density at radius 1 is 1.00 bits per heavy atom. The Bertz CT molecular complexity index is 1110. The lowest BCUT2D eigenvalue weighted by Crippen LogP contribution is -2.33. The molecule has 2 aromatic heterocycles. The normalized spacial score (nSPS) is 11.7. The van der Waals surface area contributed by atoms with E-state index < -0.39 is 23.4 Å². The van der Waals surface area contributed by atoms with Gasteiger partial charge < -0.3 is 15.4 Å². The van der Waals surface area contributed by atoms with Crippen LogP contribution in [-0.2, 0) is 17.3 Å². The van der Waals surface area contributed by atoms with Gasteiger partial charge in [0.25, 0.3) is 0 Å². The van der Waals surface area contributed by atoms with Crippen LogP contribution in [0.2, 0.25) is 0 Å². The summed E-state index contributed by atoms with van der Waals surface area (Å²) < 4.78 is 44.0. The molecule has 0 aliphatic carbocycles. The molecule has 0 saturated carbocycles. The molecule has 9 heteroatoms. The number of hydrogen-bond acceptors (Lipinski definition) is 5. The number of ether oxygens (including phenoxy) is 1. The minimum atomic E-state index is -4.45. The molecule has 0 fully saturated rings. The lowest BCUT2D eigenvalue weighted by Gasteiger charge is -2.19. The van der Waals surface area contributed by atoms with E-state index >= 15 is 0 Å². The van der Waals surface area contributed by atoms with Gasteiger partial charge in [0.05, 0.1) is 11.3 Å². The predicted octanol–water partition coefficient (Wildman–Crippen LogP) is 5.97. The lowest BCUT2D eigenvalue weighted by atomic mass is 10.1. The topological polar surface area (TPSA) is 76.1 Å². The molecule has 33 heavy (non-hydrogen) atoms. The monoisotopic (exact) mass is 458 g/mol. The summed E-state index contributed by atoms with van der Waals surface area (Å²) in [6.07, 6.45) is -3.22. The van der Waals surface area contributed by atoms with E-state index in [2.05, 4.69) is 20.6 Å². The maximum absolute atomic E-state index is 12.9. The summed E-state index contributed by atoms with van der Waals surface area (Å²) in [5.41, 5.74) is 1.13. The average Bonchev–Trinajstić information content (AvgIpc) is 2.72. The van der Waals surface area contributed by atoms with Crippen molar-refractivity contribution in [2.45, 2.75) is 39.0 Å². The molecular weight excluding hydrogens is 433 g/mol. The maximum atomic E-state index is 12.9. The van der Waals surface area contributed by atoms with Crippen molar-refractivity contribution in [3.05, 3.63) is 71.9 Å². The number of alkyl carbamates (subject to hydrolysis) is 1. The van der Waals surface area contributed by atoms with Gasteiger partial charge in [-0.15, -0.1) is 0 Å². The van der Waals surface area contributed by atoms with Gasteiger partial charge in [-0.25, -0.2) is 14.8 Å². The number of amides is 1. The number of halogens is 3. The highest BCUT2D eigenvalue weighted by Crippen LogP contribution is 2.30. The molecule has 174 valence electrons. The zero-order valence-corrected chi connectivity index (χ0v) is 18.5. The first kappa shape index (κ1) is 24.0. The molecule has 1 aromatic carbocycles. The van der Waals surface area contributed by atoms with Crippen LogP contribution in [0.15, 0.2) is 60.8 Å². The third-order valence-electron chi connectivity index (χ3n) is 4.40. The summed E-state index contributed by atoms with van der Waals surface area (Å²) >= 11 is 0. The van der Waals surface area contributed by atoms with Crippen LogP contribution >= 0.6 is 0 Å². The molecule has 0 atom stereocenters. The largest absolute Gasteiger partial charge is 0.444 e. The highest BCUT2D eigenvalue weighted by molar-refractivity contribution is 5.67. The van der Waals surface area contributed by atoms with Crippen LogP contribution in [0.5, 0.6) is 0 Å². The van der Waals surface area contributed by atoms with Gasteiger partial charge >= 0.3 is 12.3 Å². The average molecular weight is 458 g/mol. The van der Waals surface area contributed by atoms with Gasteiger partial charge in [0.15, 0.2) is 0 Å². The molecule has 0 aliphatic heterocycles. The highest BCUT2D eigenvalue weighted by atomic mass is 19.4. The van der Waals surface area contributed by atoms with E-state index in [9.17, 15) is 18.0 Å². The van der Waals surface area contributed by atoms with E-state index in [1.807, 2.05) is 30.3 Å². The van der Waals surface area contributed by atoms with Gasteiger partial charge in [-0.3, -0.25) is 0 Å². The van der Waals surface area contributed by atoms with Crippen molar-refractivity contribution in [2.75, 3.05) is 11.9 Å². The molecule has 0 unspecified atom stereocenters. The lowest BCUT2D eigenvalue weighted by molar-refractivity contribution is -0.137. The molecular formula is C24H25F3N4O2. The number of carbonyl (C=O) groups excluding carboxylic acids is 1. The summed E-state index contributed by atoms with van der Waals surface area (Å²) in [6, 6.07) is 14.7. The Balaban J connectivity index is 1.67. The molecule has 0 aliphatic rings. The van der Waals surface area contributed by atoms with Gasteiger partial charge in [0.2, 0.25) is 0 Å². The van der Waals surface area contributed by atoms with Crippen LogP contribution in [0.4, 0.5) is 29.6 Å². The number of rotatable bonds is 6. The predicted molar refractivity (Wildman–Crippen MR) is 120 cm³/mol. The van der Waals surface area contributed by atoms with Crippen LogP contribution in [0.1, 0.15) is 31.9 Å². The Kier molecular flexibility index (Phi) is 7.20. The first-order chi connectivity index (χ1) is 15.5. The molecule has 0 bridgehead atoms. The zero-order chi connectivity index (χ0) is 24.1. The van der Waals surface area contributed by atoms with Gasteiger partial charge in [-0.05, 0) is 63.1 Å². The van der Waals surface area contributed by atoms with E-state index in [-0.39, 0.29) is 5.82 Å². The number of anilines is 2. The Morgan fingerprint density at radius 3 is 2.48 bits per heavy atom. The molecule has 2 heterocycles. The van der Waals surface area contributed by atoms with E-state index in [4.69, 9.17) is 4.74 Å². The van der Waals surface area contributed by atoms with Gasteiger partial charge in [-0.2, -0.15) is 13.2 Å². The smallest absolute Gasteiger partial charge is 0.416 e. The van der Waals surface area contributed by atoms with Crippen molar-refractivity contribution in [1.29, 1.82) is 0 Å². The van der Waals surface area contributed by atoms with Crippen molar-refractivity contribution < 1.29 is 22.7 Å². The van der Waals surface area contributed by atoms with Gasteiger partial charge in [-0.1, -0.05) is 24.3 Å². The number of benzene rings is 1. The van der Waals surface area contributed by atoms with Crippen molar-refractivity contribution in [2.24, 2.45) is 0 Å². The first-order valence-electron chi connectivity index (χ1n) is 10.3. The molecule has 6 nitrogen and oxygen atoms in total. The number of aromatic nitrogens is 2. The van der Waals surface area contributed by atoms with Crippen molar-refractivity contribution >= 4 is 17.7 Å². The van der Waals surface area contributed by atoms with Crippen LogP contribution in [0.3, 0.4) is 0 Å². The summed E-state index contributed by atoms with van der Waals surface area (Å²) in [7, 11) is 0. The van der Waals surface area contributed by atoms with Crippen LogP contribution < -0.4 is 10.6 Å². The van der Waals surface area contributed by atoms with Crippen LogP contribution in [-0.4, -0.2) is 28.2 Å². The number of carbonyl (C=O) groups is 1. The zero-order valence-electron chi connectivity index (χ0n) is 18.5. The summed E-state index contributed by atoms with van der Waals surface area (Å²) in [4.78, 5) is 20.2. The van der Waals surface area contributed by atoms with Crippen LogP contribution in [0.25, 0.3) is 11.3 Å². The summed E-state index contributed by atoms with van der Waals surface area (Å²) in [6.45, 7) is 5.81. The second-order valence-electron chi connectivity index (χ2n) is 8.34. The standard InChI is InChI=1S/C24H25F3N4O2/c1-23(2,3)33-22(32)29-12-10-16-6-4-7-17(14-16)19-8-5-9-20(30-19)31-21-15-18(11-13-28-21)24(25,26)27/h4-9,11,13-15H,10,12H2,1-3H3,(H,29,32)(H,28,30,31). The fourth-order valence-electron chi connectivity index (χ4n) is 2.98. The number of nitrogens with zero attached hydrogens (tertiary/aromatic N) is 2. The third-order valence-corrected chi connectivity index (χ3v) is 4.40. The van der Waals surface area contributed by atoms with E-state index in [0.29, 0.717) is 24.5 Å². The van der Waals surface area contributed by atoms with Crippen molar-refractivity contribution in [3.63, 3.8) is 0 Å². The quantitative estimate of drug-likeness (QED) is 0.476. The van der Waals surface area contributed by atoms with Crippen LogP contribution in [0, 0.1) is 0 Å². The van der Waals surface area contributed by atoms with Crippen molar-refractivity contribution in [3.8, 4) is 11.3 Å². The number of hydrogen-bond donors (Lipinski definition) is 2. The van der Waals surface area contributed by atoms with Gasteiger partial charge in [0.1, 0.15) is 17.2 Å². The van der Waals surface area contributed by atoms with E-state index in [1.54, 1.807) is 32.9 Å². The molecule has 0 spiro atoms. The molecule has 3 rings (SSSR count). The highest BCUT2D eigenvalue weighted by Gasteiger charge is 2.30. The Morgan fingerprint density at radius 2 is 1.76 bits per heavy atom. The van der Waals surface area contributed by atoms with E-state index in [1.165, 1.54) is 0 Å². The molecule has 2 N–H and O–H groups in total. The first-order valence-corrected chi connectivity index (χ1v) is 10.3. The second-order valence-corrected chi connectivity index (χ2v) is 8.34. The van der Waals surface area contributed by atoms with Crippen molar-refractivity contribution in [1.82, 2.24) is 15.3 Å². The Hall–Kier alpha value is -3.62. The van der Waals surface area contributed by atoms with Gasteiger partial charge in [0, 0.05) is 18.3 Å². The minimum absolute atomic E-state index is 0.0523. The maximum Gasteiger partial charge on any atom is 0.416 e. The number of alkyl halides is 3. The summed E-state index contributed by atoms with van der Waals surface area (Å²) in [5, 5.41) is 5.55. The molecule has 1 amide bonds. The molecule has 0 radical (unpaired) electrons. The fourth-order valence-corrected chi connectivity index (χ4v) is 2.98. The Labute approximate surface area is 190 Å². The fraction of sp³-hybridized carbons (Fsp3) is 0.292. The molecule has 3 aromatic rings. The number of pyridine rings is 2. The molecule has 0 saturated heterocycles. The minimum Gasteiger partial charge on any atom is -0.444 e. The third kappa shape index (κ3) is 7.48. The SMILES string of the molecule is CC(C)(C)OC(=O)NCCc1cccc(-c2cccc(Nc3cc(C(F)(F)F)ccn3)n2)c1. The number of nitrogens with one attached hydrogen (secondary N) is 2. The van der Waals surface area contributed by atoms with E-state index in [0.717, 1.165) is 29.5 Å².